The highest BCUT2D eigenvalue weighted by Crippen LogP contribution is 2.12. The molecule has 4 heteroatoms. The fourth-order valence-electron chi connectivity index (χ4n) is 1.64. The number of likely N-dealkylation sites (N-methyl/N-ethyl adjacent to an activating group) is 1. The Kier molecular flexibility index (Phi) is 6.53. The molecule has 0 unspecified atom stereocenters. The molecule has 0 aliphatic heterocycles. The molecule has 0 aliphatic rings. The molecule has 3 nitrogen and oxygen atoms in total. The van der Waals surface area contributed by atoms with Crippen LogP contribution in [0, 0.1) is 0 Å². The summed E-state index contributed by atoms with van der Waals surface area (Å²) >= 11 is 5.68. The van der Waals surface area contributed by atoms with E-state index in [1.807, 2.05) is 6.07 Å². The van der Waals surface area contributed by atoms with Crippen LogP contribution in [0.3, 0.4) is 0 Å². The minimum Gasteiger partial charge on any atom is -0.448 e. The van der Waals surface area contributed by atoms with Gasteiger partial charge < -0.3 is 14.6 Å². The van der Waals surface area contributed by atoms with E-state index >= 15 is 0 Å². The summed E-state index contributed by atoms with van der Waals surface area (Å²) in [5.74, 6) is 0.892. The third kappa shape index (κ3) is 5.01. The first-order valence-electron chi connectivity index (χ1n) is 5.93. The van der Waals surface area contributed by atoms with Gasteiger partial charge in [-0.05, 0) is 43.2 Å². The Bertz CT molecular complexity index is 288. The zero-order chi connectivity index (χ0) is 11.8. The van der Waals surface area contributed by atoms with Crippen molar-refractivity contribution in [3.05, 3.63) is 23.1 Å². The second kappa shape index (κ2) is 7.71. The van der Waals surface area contributed by atoms with E-state index in [-0.39, 0.29) is 0 Å². The van der Waals surface area contributed by atoms with Crippen molar-refractivity contribution in [3.8, 4) is 0 Å². The molecule has 0 fully saturated rings. The van der Waals surface area contributed by atoms with Crippen LogP contribution in [0.4, 0.5) is 0 Å². The van der Waals surface area contributed by atoms with Crippen LogP contribution in [0.5, 0.6) is 0 Å². The lowest BCUT2D eigenvalue weighted by Crippen LogP contribution is -2.32. The van der Waals surface area contributed by atoms with Gasteiger partial charge in [0, 0.05) is 13.1 Å². The van der Waals surface area contributed by atoms with Gasteiger partial charge in [0.05, 0.1) is 6.54 Å². The van der Waals surface area contributed by atoms with Crippen molar-refractivity contribution in [2.75, 3.05) is 26.2 Å². The monoisotopic (exact) mass is 244 g/mol. The molecule has 0 radical (unpaired) electrons. The van der Waals surface area contributed by atoms with E-state index in [0.29, 0.717) is 5.22 Å². The summed E-state index contributed by atoms with van der Waals surface area (Å²) in [4.78, 5) is 2.43. The van der Waals surface area contributed by atoms with Crippen LogP contribution in [-0.4, -0.2) is 31.1 Å². The van der Waals surface area contributed by atoms with E-state index in [4.69, 9.17) is 16.0 Å². The Morgan fingerprint density at radius 2 is 2.12 bits per heavy atom. The lowest BCUT2D eigenvalue weighted by Gasteiger charge is -2.19. The van der Waals surface area contributed by atoms with Crippen molar-refractivity contribution in [2.24, 2.45) is 0 Å². The highest BCUT2D eigenvalue weighted by molar-refractivity contribution is 6.28. The van der Waals surface area contributed by atoms with Gasteiger partial charge in [-0.2, -0.15) is 0 Å². The van der Waals surface area contributed by atoms with E-state index in [0.717, 1.165) is 31.9 Å². The Hall–Kier alpha value is -0.510. The SMILES string of the molecule is CCCN(CC)CCNCc1ccc(Cl)o1. The molecule has 0 saturated carbocycles. The van der Waals surface area contributed by atoms with Gasteiger partial charge in [-0.1, -0.05) is 13.8 Å². The first-order valence-corrected chi connectivity index (χ1v) is 6.31. The van der Waals surface area contributed by atoms with Gasteiger partial charge in [0.25, 0.3) is 0 Å². The first kappa shape index (κ1) is 13.6. The molecule has 0 bridgehead atoms. The molecule has 1 rings (SSSR count). The van der Waals surface area contributed by atoms with Gasteiger partial charge in [0.2, 0.25) is 0 Å². The Morgan fingerprint density at radius 1 is 1.31 bits per heavy atom. The van der Waals surface area contributed by atoms with Crippen molar-refractivity contribution in [2.45, 2.75) is 26.8 Å². The van der Waals surface area contributed by atoms with Crippen molar-refractivity contribution in [1.29, 1.82) is 0 Å². The molecule has 16 heavy (non-hydrogen) atoms. The Balaban J connectivity index is 2.11. The molecule has 1 heterocycles. The normalized spacial score (nSPS) is 11.2. The fraction of sp³-hybridized carbons (Fsp3) is 0.667. The summed E-state index contributed by atoms with van der Waals surface area (Å²) in [5.41, 5.74) is 0. The lowest BCUT2D eigenvalue weighted by molar-refractivity contribution is 0.286. The molecule has 0 amide bonds. The Labute approximate surface area is 103 Å². The standard InChI is InChI=1S/C12H21ClN2O/c1-3-8-15(4-2)9-7-14-10-11-5-6-12(13)16-11/h5-6,14H,3-4,7-10H2,1-2H3. The van der Waals surface area contributed by atoms with Crippen LogP contribution in [0.2, 0.25) is 5.22 Å². The van der Waals surface area contributed by atoms with Crippen LogP contribution in [-0.2, 0) is 6.54 Å². The van der Waals surface area contributed by atoms with Crippen molar-refractivity contribution < 1.29 is 4.42 Å². The maximum Gasteiger partial charge on any atom is 0.193 e. The Morgan fingerprint density at radius 3 is 2.69 bits per heavy atom. The second-order valence-electron chi connectivity index (χ2n) is 3.82. The summed E-state index contributed by atoms with van der Waals surface area (Å²) in [6.07, 6.45) is 1.21. The summed E-state index contributed by atoms with van der Waals surface area (Å²) in [6.45, 7) is 9.50. The number of nitrogens with zero attached hydrogens (tertiary/aromatic N) is 1. The zero-order valence-corrected chi connectivity index (χ0v) is 10.9. The highest BCUT2D eigenvalue weighted by Gasteiger charge is 2.01. The molecule has 1 aromatic rings. The van der Waals surface area contributed by atoms with Gasteiger partial charge in [0.15, 0.2) is 5.22 Å². The van der Waals surface area contributed by atoms with E-state index in [1.54, 1.807) is 6.07 Å². The lowest BCUT2D eigenvalue weighted by atomic mass is 10.4. The largest absolute Gasteiger partial charge is 0.448 e. The average molecular weight is 245 g/mol. The van der Waals surface area contributed by atoms with Crippen LogP contribution >= 0.6 is 11.6 Å². The van der Waals surface area contributed by atoms with E-state index in [2.05, 4.69) is 24.1 Å². The second-order valence-corrected chi connectivity index (χ2v) is 4.19. The number of furan rings is 1. The molecule has 0 saturated heterocycles. The zero-order valence-electron chi connectivity index (χ0n) is 10.1. The number of hydrogen-bond donors (Lipinski definition) is 1. The molecular formula is C12H21ClN2O. The van der Waals surface area contributed by atoms with Gasteiger partial charge in [-0.25, -0.2) is 0 Å². The molecule has 1 aromatic heterocycles. The predicted molar refractivity (Wildman–Crippen MR) is 67.8 cm³/mol. The van der Waals surface area contributed by atoms with Gasteiger partial charge in [0.1, 0.15) is 5.76 Å². The molecule has 0 atom stereocenters. The molecule has 0 aliphatic carbocycles. The molecular weight excluding hydrogens is 224 g/mol. The average Bonchev–Trinajstić information content (AvgIpc) is 2.69. The maximum atomic E-state index is 5.68. The van der Waals surface area contributed by atoms with E-state index in [9.17, 15) is 0 Å². The van der Waals surface area contributed by atoms with Gasteiger partial charge >= 0.3 is 0 Å². The molecule has 0 aromatic carbocycles. The van der Waals surface area contributed by atoms with E-state index < -0.39 is 0 Å². The smallest absolute Gasteiger partial charge is 0.193 e. The minimum absolute atomic E-state index is 0.456. The first-order chi connectivity index (χ1) is 7.76. The van der Waals surface area contributed by atoms with Crippen molar-refractivity contribution in [1.82, 2.24) is 10.2 Å². The third-order valence-corrected chi connectivity index (χ3v) is 2.72. The van der Waals surface area contributed by atoms with E-state index in [1.165, 1.54) is 13.0 Å². The molecule has 0 spiro atoms. The van der Waals surface area contributed by atoms with Gasteiger partial charge in [-0.3, -0.25) is 0 Å². The van der Waals surface area contributed by atoms with Crippen LogP contribution in [0.15, 0.2) is 16.5 Å². The summed E-state index contributed by atoms with van der Waals surface area (Å²) in [5, 5.41) is 3.80. The summed E-state index contributed by atoms with van der Waals surface area (Å²) < 4.78 is 5.25. The molecule has 1 N–H and O–H groups in total. The third-order valence-electron chi connectivity index (χ3n) is 2.52. The number of hydrogen-bond acceptors (Lipinski definition) is 3. The van der Waals surface area contributed by atoms with Gasteiger partial charge in [-0.15, -0.1) is 0 Å². The molecule has 92 valence electrons. The van der Waals surface area contributed by atoms with Crippen molar-refractivity contribution in [3.63, 3.8) is 0 Å². The summed E-state index contributed by atoms with van der Waals surface area (Å²) in [7, 11) is 0. The number of nitrogens with one attached hydrogen (secondary N) is 1. The summed E-state index contributed by atoms with van der Waals surface area (Å²) in [6, 6.07) is 3.67. The highest BCUT2D eigenvalue weighted by atomic mass is 35.5. The number of halogens is 1. The fourth-order valence-corrected chi connectivity index (χ4v) is 1.80. The van der Waals surface area contributed by atoms with Crippen molar-refractivity contribution >= 4 is 11.6 Å². The topological polar surface area (TPSA) is 28.4 Å². The predicted octanol–water partition coefficient (Wildman–Crippen LogP) is 2.75. The minimum atomic E-state index is 0.456. The maximum absolute atomic E-state index is 5.68. The van der Waals surface area contributed by atoms with Crippen LogP contribution in [0.1, 0.15) is 26.0 Å². The number of rotatable bonds is 8. The van der Waals surface area contributed by atoms with Crippen LogP contribution < -0.4 is 5.32 Å². The van der Waals surface area contributed by atoms with Crippen LogP contribution in [0.25, 0.3) is 0 Å². The quantitative estimate of drug-likeness (QED) is 0.713.